The Morgan fingerprint density at radius 1 is 0.772 bits per heavy atom. The highest BCUT2D eigenvalue weighted by atomic mass is 16.7. The molecule has 2 saturated carbocycles. The van der Waals surface area contributed by atoms with Crippen molar-refractivity contribution in [3.05, 3.63) is 29.6 Å². The van der Waals surface area contributed by atoms with Crippen LogP contribution in [-0.2, 0) is 76.2 Å². The molecule has 0 aromatic carbocycles. The summed E-state index contributed by atoms with van der Waals surface area (Å²) in [4.78, 5) is 111. The van der Waals surface area contributed by atoms with E-state index in [0.717, 1.165) is 48.5 Å². The largest absolute Gasteiger partial charge is 0.465 e. The second-order valence-corrected chi connectivity index (χ2v) is 15.4. The first-order valence-corrected chi connectivity index (χ1v) is 18.2. The lowest BCUT2D eigenvalue weighted by Crippen LogP contribution is -2.89. The van der Waals surface area contributed by atoms with Crippen molar-refractivity contribution in [3.63, 3.8) is 0 Å². The molecule has 3 fully saturated rings. The highest BCUT2D eigenvalue weighted by molar-refractivity contribution is 5.91. The molecule has 4 aliphatic rings. The van der Waals surface area contributed by atoms with Crippen LogP contribution in [0, 0.1) is 17.3 Å². The fourth-order valence-corrected chi connectivity index (χ4v) is 9.30. The van der Waals surface area contributed by atoms with E-state index in [0.29, 0.717) is 5.56 Å². The number of hydrogen-bond donors (Lipinski definition) is 1. The standard InChI is InChI=1S/C38H47NO18/c1-16-17(2)33(46)56-30-28(52-20(5)42)32(55-23(8)45)37(15-49-18(3)40)31(54-22(7)44)27(51-19(4)41)26-29(53-21(6)43)38(37,36(30,10)48)57-35(26,9)14-50-34(47)25-13-39-12-11-24(16)25/h11-13,16-17,26-32,48H,14-15H2,1-10H3/t16-,17+,26-,27-,28+,29-,30+,31-,32+,35+,36+,37-,38+/m1/s1. The molecule has 1 N–H and O–H groups in total. The van der Waals surface area contributed by atoms with Crippen molar-refractivity contribution in [3.8, 4) is 0 Å². The van der Waals surface area contributed by atoms with Crippen molar-refractivity contribution in [1.82, 2.24) is 4.98 Å². The van der Waals surface area contributed by atoms with Crippen LogP contribution >= 0.6 is 0 Å². The van der Waals surface area contributed by atoms with E-state index in [-0.39, 0.29) is 5.56 Å². The number of carbonyl (C=O) groups excluding carboxylic acids is 8. The van der Waals surface area contributed by atoms with Crippen molar-refractivity contribution >= 4 is 47.8 Å². The highest BCUT2D eigenvalue weighted by Gasteiger charge is 2.92. The second-order valence-electron chi connectivity index (χ2n) is 15.4. The molecule has 19 heteroatoms. The molecule has 1 saturated heterocycles. The molecule has 4 bridgehead atoms. The van der Waals surface area contributed by atoms with E-state index in [2.05, 4.69) is 4.98 Å². The first-order valence-electron chi connectivity index (χ1n) is 18.2. The predicted octanol–water partition coefficient (Wildman–Crippen LogP) is 1.03. The summed E-state index contributed by atoms with van der Waals surface area (Å²) in [6, 6.07) is 1.50. The third-order valence-electron chi connectivity index (χ3n) is 11.5. The molecule has 0 unspecified atom stereocenters. The number of pyridine rings is 1. The Morgan fingerprint density at radius 2 is 1.30 bits per heavy atom. The van der Waals surface area contributed by atoms with Crippen LogP contribution in [0.25, 0.3) is 0 Å². The molecule has 3 heterocycles. The van der Waals surface area contributed by atoms with Crippen molar-refractivity contribution in [2.45, 2.75) is 129 Å². The number of hydrogen-bond acceptors (Lipinski definition) is 19. The number of nitrogens with zero attached hydrogens (tertiary/aromatic N) is 1. The lowest BCUT2D eigenvalue weighted by Gasteiger charge is -2.67. The Hall–Kier alpha value is -5.17. The molecule has 2 aliphatic heterocycles. The van der Waals surface area contributed by atoms with Gasteiger partial charge in [-0.1, -0.05) is 13.8 Å². The summed E-state index contributed by atoms with van der Waals surface area (Å²) in [6.45, 7) is 9.73. The monoisotopic (exact) mass is 805 g/mol. The Kier molecular flexibility index (Phi) is 11.5. The van der Waals surface area contributed by atoms with Gasteiger partial charge < -0.3 is 47.7 Å². The molecule has 19 nitrogen and oxygen atoms in total. The molecule has 1 spiro atoms. The molecule has 1 aromatic rings. The summed E-state index contributed by atoms with van der Waals surface area (Å²) in [5.41, 5.74) is -9.91. The number of rotatable bonds is 7. The van der Waals surface area contributed by atoms with Gasteiger partial charge in [0.15, 0.2) is 30.0 Å². The summed E-state index contributed by atoms with van der Waals surface area (Å²) in [5.74, 6) is -11.5. The minimum Gasteiger partial charge on any atom is -0.465 e. The highest BCUT2D eigenvalue weighted by Crippen LogP contribution is 2.70. The molecular formula is C38H47NO18. The first kappa shape index (κ1) is 43.0. The minimum absolute atomic E-state index is 0.0422. The van der Waals surface area contributed by atoms with Crippen LogP contribution in [0.4, 0.5) is 0 Å². The van der Waals surface area contributed by atoms with Gasteiger partial charge in [0.1, 0.15) is 42.0 Å². The molecule has 1 aromatic heterocycles. The Bertz CT molecular complexity index is 1860. The quantitative estimate of drug-likeness (QED) is 0.298. The molecule has 57 heavy (non-hydrogen) atoms. The van der Waals surface area contributed by atoms with E-state index in [1.165, 1.54) is 32.3 Å². The molecule has 2 aliphatic carbocycles. The summed E-state index contributed by atoms with van der Waals surface area (Å²) in [6.07, 6.45) is -9.28. The van der Waals surface area contributed by atoms with E-state index >= 15 is 0 Å². The SMILES string of the molecule is CC(=O)OC[C@]12[C@H](OC(C)=O)[C@H](OC(C)=O)[C@@H]3[C@@H](OC(C)=O)[C@@]14O[C@@]3(C)COC(=O)c1cnccc1[C@H](C)[C@H](C)C(=O)O[C@@H]([C@H](OC(C)=O)[C@@H]2OC(C)=O)[C@]4(C)O. The summed E-state index contributed by atoms with van der Waals surface area (Å²) >= 11 is 0. The number of fused-ring (bicyclic) bond motifs is 5. The Balaban J connectivity index is 2.01. The van der Waals surface area contributed by atoms with Gasteiger partial charge in [0.25, 0.3) is 0 Å². The van der Waals surface area contributed by atoms with Crippen LogP contribution in [0.2, 0.25) is 0 Å². The van der Waals surface area contributed by atoms with E-state index < -0.39 is 138 Å². The summed E-state index contributed by atoms with van der Waals surface area (Å²) in [7, 11) is 0. The van der Waals surface area contributed by atoms with Crippen LogP contribution in [0.5, 0.6) is 0 Å². The molecule has 312 valence electrons. The molecule has 13 atom stereocenters. The minimum atomic E-state index is -2.81. The zero-order chi connectivity index (χ0) is 42.6. The Morgan fingerprint density at radius 3 is 1.84 bits per heavy atom. The van der Waals surface area contributed by atoms with Crippen LogP contribution in [0.15, 0.2) is 18.5 Å². The maximum Gasteiger partial charge on any atom is 0.340 e. The molecule has 5 rings (SSSR count). The molecular weight excluding hydrogens is 758 g/mol. The van der Waals surface area contributed by atoms with E-state index in [9.17, 15) is 43.5 Å². The number of ether oxygens (including phenoxy) is 9. The third kappa shape index (κ3) is 6.97. The van der Waals surface area contributed by atoms with Gasteiger partial charge in [0.05, 0.1) is 17.4 Å². The fourth-order valence-electron chi connectivity index (χ4n) is 9.30. The van der Waals surface area contributed by atoms with Crippen molar-refractivity contribution < 1.29 is 86.1 Å². The van der Waals surface area contributed by atoms with Gasteiger partial charge >= 0.3 is 47.8 Å². The molecule has 0 amide bonds. The number of esters is 8. The maximum absolute atomic E-state index is 14.4. The van der Waals surface area contributed by atoms with Crippen molar-refractivity contribution in [2.24, 2.45) is 17.3 Å². The van der Waals surface area contributed by atoms with Crippen molar-refractivity contribution in [2.75, 3.05) is 13.2 Å². The summed E-state index contributed by atoms with van der Waals surface area (Å²) in [5, 5.41) is 13.4. The molecule has 0 radical (unpaired) electrons. The normalized spacial score (nSPS) is 38.2. The van der Waals surface area contributed by atoms with Gasteiger partial charge in [-0.25, -0.2) is 4.79 Å². The number of carbonyl (C=O) groups is 8. The number of aliphatic hydroxyl groups is 1. The topological polar surface area (TPSA) is 253 Å². The number of aromatic nitrogens is 1. The zero-order valence-electron chi connectivity index (χ0n) is 33.2. The average molecular weight is 806 g/mol. The van der Waals surface area contributed by atoms with Crippen LogP contribution in [0.1, 0.15) is 91.1 Å². The predicted molar refractivity (Wildman–Crippen MR) is 185 cm³/mol. The fraction of sp³-hybridized carbons (Fsp3) is 0.658. The summed E-state index contributed by atoms with van der Waals surface area (Å²) < 4.78 is 54.3. The van der Waals surface area contributed by atoms with Gasteiger partial charge in [-0.3, -0.25) is 38.5 Å². The van der Waals surface area contributed by atoms with E-state index in [4.69, 9.17) is 42.6 Å². The van der Waals surface area contributed by atoms with Crippen LogP contribution in [-0.4, -0.2) is 124 Å². The van der Waals surface area contributed by atoms with Gasteiger partial charge in [0.2, 0.25) is 0 Å². The van der Waals surface area contributed by atoms with E-state index in [1.807, 2.05) is 0 Å². The van der Waals surface area contributed by atoms with Gasteiger partial charge in [-0.05, 0) is 31.4 Å². The smallest absolute Gasteiger partial charge is 0.340 e. The third-order valence-corrected chi connectivity index (χ3v) is 11.5. The lowest BCUT2D eigenvalue weighted by molar-refractivity contribution is -0.387. The number of cyclic esters (lactones) is 1. The van der Waals surface area contributed by atoms with Crippen LogP contribution < -0.4 is 0 Å². The van der Waals surface area contributed by atoms with E-state index in [1.54, 1.807) is 6.92 Å². The zero-order valence-corrected chi connectivity index (χ0v) is 33.2. The van der Waals surface area contributed by atoms with Gasteiger partial charge in [-0.2, -0.15) is 0 Å². The van der Waals surface area contributed by atoms with Crippen molar-refractivity contribution in [1.29, 1.82) is 0 Å². The van der Waals surface area contributed by atoms with Crippen LogP contribution in [0.3, 0.4) is 0 Å². The average Bonchev–Trinajstić information content (AvgIpc) is 3.32. The first-order chi connectivity index (χ1) is 26.5. The van der Waals surface area contributed by atoms with Gasteiger partial charge in [0, 0.05) is 53.9 Å². The maximum atomic E-state index is 14.4. The second kappa shape index (κ2) is 15.3. The van der Waals surface area contributed by atoms with Gasteiger partial charge in [-0.15, -0.1) is 0 Å². The lowest BCUT2D eigenvalue weighted by atomic mass is 9.45. The Labute approximate surface area is 327 Å².